The lowest BCUT2D eigenvalue weighted by molar-refractivity contribution is 0.134. The number of hydrogen-bond donors (Lipinski definition) is 1. The first-order valence-corrected chi connectivity index (χ1v) is 3.89. The van der Waals surface area contributed by atoms with Crippen LogP contribution in [0, 0.1) is 10.8 Å². The van der Waals surface area contributed by atoms with Gasteiger partial charge in [-0.05, 0) is 5.57 Å². The molecule has 3 atom stereocenters. The Morgan fingerprint density at radius 3 is 2.83 bits per heavy atom. The molecule has 0 saturated heterocycles. The van der Waals surface area contributed by atoms with E-state index in [-0.39, 0.29) is 24.7 Å². The van der Waals surface area contributed by atoms with E-state index in [9.17, 15) is 4.91 Å². The maximum atomic E-state index is 10.3. The molecule has 4 heteroatoms. The Labute approximate surface area is 71.2 Å². The second-order valence-corrected chi connectivity index (χ2v) is 3.00. The van der Waals surface area contributed by atoms with E-state index in [0.717, 1.165) is 5.57 Å². The van der Waals surface area contributed by atoms with Gasteiger partial charge in [0, 0.05) is 19.4 Å². The summed E-state index contributed by atoms with van der Waals surface area (Å²) in [6, 6.07) is -0.368. The summed E-state index contributed by atoms with van der Waals surface area (Å²) in [6.45, 7) is 3.70. The molecule has 1 N–H and O–H groups in total. The molecule has 0 heterocycles. The quantitative estimate of drug-likeness (QED) is 0.502. The average molecular weight is 171 g/mol. The molecule has 4 nitrogen and oxygen atoms in total. The van der Waals surface area contributed by atoms with Crippen LogP contribution in [0.1, 0.15) is 6.42 Å². The van der Waals surface area contributed by atoms with Gasteiger partial charge in [0.05, 0.1) is 12.7 Å². The highest BCUT2D eigenvalue weighted by Gasteiger charge is 2.38. The summed E-state index contributed by atoms with van der Waals surface area (Å²) in [4.78, 5) is 10.3. The molecule has 0 aromatic rings. The molecule has 1 fully saturated rings. The van der Waals surface area contributed by atoms with Gasteiger partial charge in [0.15, 0.2) is 0 Å². The van der Waals surface area contributed by atoms with Gasteiger partial charge in [-0.25, -0.2) is 0 Å². The SMILES string of the molecule is C=C1[C@H](OC)C[C@H](N=O)[C@H]1CO. The predicted molar refractivity (Wildman–Crippen MR) is 44.7 cm³/mol. The maximum Gasteiger partial charge on any atom is 0.103 e. The van der Waals surface area contributed by atoms with Crippen LogP contribution in [-0.2, 0) is 4.74 Å². The smallest absolute Gasteiger partial charge is 0.103 e. The number of rotatable bonds is 3. The molecule has 68 valence electrons. The Bertz CT molecular complexity index is 193. The third-order valence-corrected chi connectivity index (χ3v) is 2.43. The van der Waals surface area contributed by atoms with E-state index in [1.807, 2.05) is 0 Å². The van der Waals surface area contributed by atoms with Gasteiger partial charge in [-0.1, -0.05) is 11.8 Å². The molecule has 0 unspecified atom stereocenters. The molecular formula is C8H13NO3. The number of methoxy groups -OCH3 is 1. The summed E-state index contributed by atoms with van der Waals surface area (Å²) >= 11 is 0. The van der Waals surface area contributed by atoms with Gasteiger partial charge in [-0.2, -0.15) is 4.91 Å². The highest BCUT2D eigenvalue weighted by molar-refractivity contribution is 5.18. The van der Waals surface area contributed by atoms with Crippen molar-refractivity contribution in [2.24, 2.45) is 11.1 Å². The number of hydrogen-bond acceptors (Lipinski definition) is 4. The molecule has 0 aliphatic heterocycles. The van der Waals surface area contributed by atoms with Crippen molar-refractivity contribution in [1.82, 2.24) is 0 Å². The van der Waals surface area contributed by atoms with Crippen LogP contribution >= 0.6 is 0 Å². The van der Waals surface area contributed by atoms with Gasteiger partial charge < -0.3 is 9.84 Å². The van der Waals surface area contributed by atoms with E-state index < -0.39 is 0 Å². The van der Waals surface area contributed by atoms with Gasteiger partial charge in [0.1, 0.15) is 6.04 Å². The van der Waals surface area contributed by atoms with Crippen LogP contribution in [0.15, 0.2) is 17.3 Å². The molecule has 1 aliphatic carbocycles. The van der Waals surface area contributed by atoms with Crippen LogP contribution in [0.2, 0.25) is 0 Å². The summed E-state index contributed by atoms with van der Waals surface area (Å²) in [5, 5.41) is 11.9. The fraction of sp³-hybridized carbons (Fsp3) is 0.750. The molecule has 12 heavy (non-hydrogen) atoms. The summed E-state index contributed by atoms with van der Waals surface area (Å²) < 4.78 is 5.08. The van der Waals surface area contributed by atoms with Crippen molar-refractivity contribution < 1.29 is 9.84 Å². The lowest BCUT2D eigenvalue weighted by atomic mass is 10.0. The highest BCUT2D eigenvalue weighted by atomic mass is 16.5. The van der Waals surface area contributed by atoms with Crippen molar-refractivity contribution in [1.29, 1.82) is 0 Å². The van der Waals surface area contributed by atoms with Crippen LogP contribution in [0.25, 0.3) is 0 Å². The van der Waals surface area contributed by atoms with E-state index in [4.69, 9.17) is 9.84 Å². The van der Waals surface area contributed by atoms with Crippen LogP contribution in [-0.4, -0.2) is 31.0 Å². The second-order valence-electron chi connectivity index (χ2n) is 3.00. The molecule has 0 aromatic heterocycles. The molecule has 0 bridgehead atoms. The topological polar surface area (TPSA) is 58.9 Å². The van der Waals surface area contributed by atoms with Gasteiger partial charge in [0.25, 0.3) is 0 Å². The van der Waals surface area contributed by atoms with Crippen molar-refractivity contribution in [3.05, 3.63) is 17.1 Å². The Morgan fingerprint density at radius 1 is 1.83 bits per heavy atom. The van der Waals surface area contributed by atoms with Crippen molar-refractivity contribution in [2.45, 2.75) is 18.6 Å². The first-order chi connectivity index (χ1) is 5.74. The van der Waals surface area contributed by atoms with E-state index in [1.54, 1.807) is 7.11 Å². The van der Waals surface area contributed by atoms with Crippen molar-refractivity contribution in [3.63, 3.8) is 0 Å². The zero-order valence-electron chi connectivity index (χ0n) is 7.06. The average Bonchev–Trinajstić information content (AvgIpc) is 2.41. The number of nitroso groups, excluding NO2 is 1. The second kappa shape index (κ2) is 3.78. The van der Waals surface area contributed by atoms with Crippen LogP contribution in [0.4, 0.5) is 0 Å². The Morgan fingerprint density at radius 2 is 2.50 bits per heavy atom. The van der Waals surface area contributed by atoms with Crippen LogP contribution in [0.5, 0.6) is 0 Å². The van der Waals surface area contributed by atoms with E-state index in [2.05, 4.69) is 11.8 Å². The molecule has 0 radical (unpaired) electrons. The van der Waals surface area contributed by atoms with Crippen molar-refractivity contribution >= 4 is 0 Å². The van der Waals surface area contributed by atoms with Crippen LogP contribution in [0.3, 0.4) is 0 Å². The van der Waals surface area contributed by atoms with Gasteiger partial charge in [-0.15, -0.1) is 0 Å². The number of nitrogens with zero attached hydrogens (tertiary/aromatic N) is 1. The summed E-state index contributed by atoms with van der Waals surface area (Å²) in [7, 11) is 1.57. The first-order valence-electron chi connectivity index (χ1n) is 3.89. The van der Waals surface area contributed by atoms with Crippen molar-refractivity contribution in [2.75, 3.05) is 13.7 Å². The first kappa shape index (κ1) is 9.35. The Balaban J connectivity index is 2.71. The van der Waals surface area contributed by atoms with Crippen molar-refractivity contribution in [3.8, 4) is 0 Å². The zero-order valence-corrected chi connectivity index (χ0v) is 7.06. The normalized spacial score (nSPS) is 35.5. The number of ether oxygens (including phenoxy) is 1. The third-order valence-electron chi connectivity index (χ3n) is 2.43. The molecule has 0 spiro atoms. The standard InChI is InChI=1S/C8H13NO3/c1-5-6(4-10)7(9-11)3-8(5)12-2/h6-8,10H,1,3-4H2,2H3/t6-,7-,8+/m0/s1. The third kappa shape index (κ3) is 1.40. The summed E-state index contributed by atoms with van der Waals surface area (Å²) in [5.74, 6) is -0.215. The van der Waals surface area contributed by atoms with E-state index in [0.29, 0.717) is 6.42 Å². The number of aliphatic hydroxyl groups excluding tert-OH is 1. The largest absolute Gasteiger partial charge is 0.396 e. The lowest BCUT2D eigenvalue weighted by Crippen LogP contribution is -2.16. The molecule has 1 saturated carbocycles. The fourth-order valence-corrected chi connectivity index (χ4v) is 1.62. The minimum atomic E-state index is -0.368. The monoisotopic (exact) mass is 171 g/mol. The molecule has 0 aromatic carbocycles. The molecule has 0 amide bonds. The zero-order chi connectivity index (χ0) is 9.14. The van der Waals surface area contributed by atoms with Gasteiger partial charge >= 0.3 is 0 Å². The minimum absolute atomic E-state index is 0.0743. The lowest BCUT2D eigenvalue weighted by Gasteiger charge is -2.11. The van der Waals surface area contributed by atoms with E-state index in [1.165, 1.54) is 0 Å². The minimum Gasteiger partial charge on any atom is -0.396 e. The predicted octanol–water partition coefficient (Wildman–Crippen LogP) is 0.705. The Hall–Kier alpha value is -0.740. The maximum absolute atomic E-state index is 10.3. The van der Waals surface area contributed by atoms with Gasteiger partial charge in [-0.3, -0.25) is 0 Å². The van der Waals surface area contributed by atoms with Gasteiger partial charge in [0.2, 0.25) is 0 Å². The summed E-state index contributed by atoms with van der Waals surface area (Å²) in [5.41, 5.74) is 0.782. The van der Waals surface area contributed by atoms with E-state index >= 15 is 0 Å². The number of aliphatic hydroxyl groups is 1. The molecular weight excluding hydrogens is 158 g/mol. The highest BCUT2D eigenvalue weighted by Crippen LogP contribution is 2.33. The molecule has 1 rings (SSSR count). The van der Waals surface area contributed by atoms with Crippen LogP contribution < -0.4 is 0 Å². The fourth-order valence-electron chi connectivity index (χ4n) is 1.62. The molecule has 1 aliphatic rings. The Kier molecular flexibility index (Phi) is 2.94. The summed E-state index contributed by atoms with van der Waals surface area (Å²) in [6.07, 6.45) is 0.425.